The highest BCUT2D eigenvalue weighted by molar-refractivity contribution is 6.62. The molecule has 0 bridgehead atoms. The molecular formula is C14H18BNO6. The molecule has 8 heteroatoms. The van der Waals surface area contributed by atoms with E-state index in [0.717, 1.165) is 0 Å². The Kier molecular flexibility index (Phi) is 4.26. The number of methoxy groups -OCH3 is 1. The van der Waals surface area contributed by atoms with Crippen molar-refractivity contribution in [2.45, 2.75) is 32.0 Å². The van der Waals surface area contributed by atoms with Crippen LogP contribution in [-0.2, 0) is 14.0 Å². The highest BCUT2D eigenvalue weighted by atomic mass is 16.7. The second kappa shape index (κ2) is 5.70. The minimum Gasteiger partial charge on any atom is -0.465 e. The first kappa shape index (κ1) is 16.4. The molecule has 0 radical (unpaired) electrons. The van der Waals surface area contributed by atoms with E-state index in [1.165, 1.54) is 7.11 Å². The molecule has 1 aromatic rings. The second-order valence-corrected chi connectivity index (χ2v) is 5.92. The third-order valence-electron chi connectivity index (χ3n) is 4.05. The van der Waals surface area contributed by atoms with Crippen LogP contribution in [0, 0.1) is 10.1 Å². The maximum Gasteiger partial charge on any atom is 0.495 e. The summed E-state index contributed by atoms with van der Waals surface area (Å²) < 4.78 is 16.3. The number of nitro groups is 1. The van der Waals surface area contributed by atoms with Crippen molar-refractivity contribution in [3.05, 3.63) is 39.9 Å². The highest BCUT2D eigenvalue weighted by Gasteiger charge is 2.57. The molecule has 0 amide bonds. The molecule has 1 aromatic carbocycles. The smallest absolute Gasteiger partial charge is 0.465 e. The van der Waals surface area contributed by atoms with E-state index < -0.39 is 29.2 Å². The molecule has 1 aliphatic heterocycles. The number of hydrogen-bond acceptors (Lipinski definition) is 6. The van der Waals surface area contributed by atoms with E-state index in [1.54, 1.807) is 45.0 Å². The molecule has 1 atom stereocenters. The summed E-state index contributed by atoms with van der Waals surface area (Å²) in [6.07, 6.45) is 0. The highest BCUT2D eigenvalue weighted by Crippen LogP contribution is 2.37. The van der Waals surface area contributed by atoms with Crippen LogP contribution in [0.15, 0.2) is 24.3 Å². The normalized spacial score (nSPS) is 23.4. The average Bonchev–Trinajstić information content (AvgIpc) is 2.67. The lowest BCUT2D eigenvalue weighted by atomic mass is 9.78. The molecule has 2 rings (SSSR count). The summed E-state index contributed by atoms with van der Waals surface area (Å²) in [5.41, 5.74) is -0.926. The number of rotatable bonds is 4. The molecular weight excluding hydrogens is 289 g/mol. The van der Waals surface area contributed by atoms with Crippen LogP contribution in [0.2, 0.25) is 0 Å². The SMILES string of the molecule is COC(=O)c1cccc(B2OC(C)(C)C(C)(C[N+](=O)[O-])O2)c1. The number of carbonyl (C=O) groups excluding carboxylic acids is 1. The Balaban J connectivity index is 2.28. The zero-order chi connectivity index (χ0) is 16.5. The fourth-order valence-corrected chi connectivity index (χ4v) is 2.33. The quantitative estimate of drug-likeness (QED) is 0.357. The Morgan fingerprint density at radius 2 is 2.05 bits per heavy atom. The van der Waals surface area contributed by atoms with Crippen LogP contribution in [0.1, 0.15) is 31.1 Å². The predicted molar refractivity (Wildman–Crippen MR) is 79.7 cm³/mol. The molecule has 7 nitrogen and oxygen atoms in total. The van der Waals surface area contributed by atoms with Crippen molar-refractivity contribution in [2.24, 2.45) is 0 Å². The molecule has 1 aliphatic rings. The van der Waals surface area contributed by atoms with E-state index in [4.69, 9.17) is 9.31 Å². The van der Waals surface area contributed by atoms with E-state index in [9.17, 15) is 14.9 Å². The van der Waals surface area contributed by atoms with Crippen LogP contribution in [0.5, 0.6) is 0 Å². The van der Waals surface area contributed by atoms with Crippen molar-refractivity contribution in [3.8, 4) is 0 Å². The Morgan fingerprint density at radius 3 is 2.64 bits per heavy atom. The Labute approximate surface area is 128 Å². The minimum atomic E-state index is -1.07. The lowest BCUT2D eigenvalue weighted by molar-refractivity contribution is -0.501. The molecule has 0 aromatic heterocycles. The molecule has 118 valence electrons. The number of hydrogen-bond donors (Lipinski definition) is 0. The van der Waals surface area contributed by atoms with Gasteiger partial charge in [-0.25, -0.2) is 4.79 Å². The van der Waals surface area contributed by atoms with E-state index in [1.807, 2.05) is 0 Å². The minimum absolute atomic E-state index is 0.368. The number of esters is 1. The molecule has 0 aliphatic carbocycles. The average molecular weight is 307 g/mol. The lowest BCUT2D eigenvalue weighted by Gasteiger charge is -2.32. The van der Waals surface area contributed by atoms with Crippen molar-refractivity contribution in [3.63, 3.8) is 0 Å². The van der Waals surface area contributed by atoms with Crippen LogP contribution in [0.3, 0.4) is 0 Å². The fraction of sp³-hybridized carbons (Fsp3) is 0.500. The monoisotopic (exact) mass is 307 g/mol. The summed E-state index contributed by atoms with van der Waals surface area (Å²) in [5, 5.41) is 10.9. The first-order valence-electron chi connectivity index (χ1n) is 6.84. The summed E-state index contributed by atoms with van der Waals surface area (Å²) in [4.78, 5) is 22.1. The Bertz CT molecular complexity index is 605. The largest absolute Gasteiger partial charge is 0.495 e. The maximum absolute atomic E-state index is 11.6. The molecule has 22 heavy (non-hydrogen) atoms. The number of nitrogens with zero attached hydrogens (tertiary/aromatic N) is 1. The first-order chi connectivity index (χ1) is 10.2. The van der Waals surface area contributed by atoms with Crippen LogP contribution in [0.4, 0.5) is 0 Å². The van der Waals surface area contributed by atoms with E-state index >= 15 is 0 Å². The molecule has 0 saturated carbocycles. The fourth-order valence-electron chi connectivity index (χ4n) is 2.33. The van der Waals surface area contributed by atoms with Gasteiger partial charge in [-0.05, 0) is 38.4 Å². The maximum atomic E-state index is 11.6. The van der Waals surface area contributed by atoms with Gasteiger partial charge in [-0.2, -0.15) is 0 Å². The molecule has 1 heterocycles. The summed E-state index contributed by atoms with van der Waals surface area (Å²) in [5.74, 6) is -0.466. The van der Waals surface area contributed by atoms with E-state index in [-0.39, 0.29) is 6.54 Å². The second-order valence-electron chi connectivity index (χ2n) is 5.92. The van der Waals surface area contributed by atoms with Crippen LogP contribution < -0.4 is 5.46 Å². The van der Waals surface area contributed by atoms with Crippen molar-refractivity contribution >= 4 is 18.6 Å². The van der Waals surface area contributed by atoms with Gasteiger partial charge in [0.2, 0.25) is 6.54 Å². The van der Waals surface area contributed by atoms with Crippen molar-refractivity contribution < 1.29 is 23.8 Å². The molecule has 1 saturated heterocycles. The number of benzene rings is 1. The summed E-state index contributed by atoms with van der Waals surface area (Å²) in [6.45, 7) is 4.79. The first-order valence-corrected chi connectivity index (χ1v) is 6.84. The van der Waals surface area contributed by atoms with Gasteiger partial charge in [-0.3, -0.25) is 10.1 Å². The van der Waals surface area contributed by atoms with Gasteiger partial charge in [0.15, 0.2) is 0 Å². The summed E-state index contributed by atoms with van der Waals surface area (Å²) in [7, 11) is 0.527. The zero-order valence-electron chi connectivity index (χ0n) is 13.0. The van der Waals surface area contributed by atoms with Crippen LogP contribution in [0.25, 0.3) is 0 Å². The van der Waals surface area contributed by atoms with E-state index in [0.29, 0.717) is 11.0 Å². The topological polar surface area (TPSA) is 87.9 Å². The standard InChI is InChI=1S/C14H18BNO6/c1-13(2)14(3,9-16(18)19)22-15(21-13)11-7-5-6-10(8-11)12(17)20-4/h5-8H,9H2,1-4H3. The number of ether oxygens (including phenoxy) is 1. The van der Waals surface area contributed by atoms with Gasteiger partial charge in [-0.15, -0.1) is 0 Å². The van der Waals surface area contributed by atoms with Crippen molar-refractivity contribution in [1.82, 2.24) is 0 Å². The number of carbonyl (C=O) groups is 1. The van der Waals surface area contributed by atoms with Crippen LogP contribution >= 0.6 is 0 Å². The van der Waals surface area contributed by atoms with Gasteiger partial charge in [0.05, 0.1) is 18.3 Å². The van der Waals surface area contributed by atoms with Gasteiger partial charge in [0.25, 0.3) is 0 Å². The summed E-state index contributed by atoms with van der Waals surface area (Å²) in [6, 6.07) is 6.64. The summed E-state index contributed by atoms with van der Waals surface area (Å²) >= 11 is 0. The zero-order valence-corrected chi connectivity index (χ0v) is 13.0. The Morgan fingerprint density at radius 1 is 1.36 bits per heavy atom. The molecule has 0 spiro atoms. The van der Waals surface area contributed by atoms with Gasteiger partial charge in [-0.1, -0.05) is 12.1 Å². The molecule has 0 N–H and O–H groups in total. The van der Waals surface area contributed by atoms with Gasteiger partial charge in [0.1, 0.15) is 5.60 Å². The molecule has 1 unspecified atom stereocenters. The van der Waals surface area contributed by atoms with Gasteiger partial charge < -0.3 is 14.0 Å². The van der Waals surface area contributed by atoms with Gasteiger partial charge >= 0.3 is 13.1 Å². The van der Waals surface area contributed by atoms with Gasteiger partial charge in [0, 0.05) is 4.92 Å². The third kappa shape index (κ3) is 2.98. The van der Waals surface area contributed by atoms with E-state index in [2.05, 4.69) is 4.74 Å². The van der Waals surface area contributed by atoms with Crippen molar-refractivity contribution in [1.29, 1.82) is 0 Å². The lowest BCUT2D eigenvalue weighted by Crippen LogP contribution is -2.50. The van der Waals surface area contributed by atoms with Crippen LogP contribution in [-0.4, -0.2) is 42.9 Å². The Hall–Kier alpha value is -1.93. The predicted octanol–water partition coefficient (Wildman–Crippen LogP) is 1.03. The molecule has 1 fully saturated rings. The third-order valence-corrected chi connectivity index (χ3v) is 4.05. The van der Waals surface area contributed by atoms with Crippen molar-refractivity contribution in [2.75, 3.05) is 13.7 Å².